The smallest absolute Gasteiger partial charge is 0.516 e. The zero-order valence-corrected chi connectivity index (χ0v) is 13.1. The molecule has 0 aromatic carbocycles. The van der Waals surface area contributed by atoms with Crippen LogP contribution in [-0.2, 0) is 26.9 Å². The molecule has 0 heterocycles. The van der Waals surface area contributed by atoms with E-state index in [1.807, 2.05) is 0 Å². The summed E-state index contributed by atoms with van der Waals surface area (Å²) in [6.07, 6.45) is 1.50. The van der Waals surface area contributed by atoms with Crippen LogP contribution in [0.1, 0.15) is 0 Å². The highest BCUT2D eigenvalue weighted by Gasteiger charge is 2.32. The summed E-state index contributed by atoms with van der Waals surface area (Å²) >= 11 is 0. The second-order valence-electron chi connectivity index (χ2n) is 1.48. The monoisotopic (exact) mass is 376 g/mol. The van der Waals surface area contributed by atoms with Gasteiger partial charge in [0, 0.05) is 18.3 Å². The van der Waals surface area contributed by atoms with Gasteiger partial charge in [0.2, 0.25) is 0 Å². The summed E-state index contributed by atoms with van der Waals surface area (Å²) in [4.78, 5) is 30.7. The standard InChI is InChI=1S/2C2H4O.2O5P2/c2*1-2-3;2*1-6(2)5-7(3)4/h2*2-3H,1H2;;/p+4. The quantitative estimate of drug-likeness (QED) is 0.307. The average molecular weight is 376 g/mol. The third-order valence-electron chi connectivity index (χ3n) is 0.279. The molecule has 0 fully saturated rings. The molecule has 0 aliphatic heterocycles. The van der Waals surface area contributed by atoms with Crippen molar-refractivity contribution in [2.24, 2.45) is 0 Å². The third kappa shape index (κ3) is 86.7. The Balaban J connectivity index is -0.0000000927. The van der Waals surface area contributed by atoms with Gasteiger partial charge in [0.25, 0.3) is 0 Å². The van der Waals surface area contributed by atoms with Gasteiger partial charge in [0.1, 0.15) is 0 Å². The van der Waals surface area contributed by atoms with Crippen molar-refractivity contribution in [3.8, 4) is 0 Å². The Kier molecular flexibility index (Phi) is 32.2. The Morgan fingerprint density at radius 1 is 0.650 bits per heavy atom. The molecule has 0 aromatic heterocycles. The molecule has 0 radical (unpaired) electrons. The van der Waals surface area contributed by atoms with Gasteiger partial charge in [0.05, 0.1) is 12.5 Å². The summed E-state index contributed by atoms with van der Waals surface area (Å²) in [5, 5.41) is 14.7. The van der Waals surface area contributed by atoms with Crippen LogP contribution in [0.4, 0.5) is 0 Å². The van der Waals surface area contributed by atoms with Crippen molar-refractivity contribution < 1.29 is 56.7 Å². The summed E-state index contributed by atoms with van der Waals surface area (Å²) in [7, 11) is -11.7. The van der Waals surface area contributed by atoms with Crippen molar-refractivity contribution in [1.29, 1.82) is 0 Å². The summed E-state index contributed by atoms with van der Waals surface area (Å²) in [6, 6.07) is 0. The Bertz CT molecular complexity index is 271. The van der Waals surface area contributed by atoms with Gasteiger partial charge in [-0.3, -0.25) is 0 Å². The number of aliphatic hydroxyl groups excluding tert-OH is 2. The van der Waals surface area contributed by atoms with Crippen LogP contribution in [0.2, 0.25) is 0 Å². The molecule has 4 atom stereocenters. The fourth-order valence-electron chi connectivity index (χ4n) is 0.120. The molecule has 6 N–H and O–H groups in total. The van der Waals surface area contributed by atoms with E-state index in [-0.39, 0.29) is 0 Å². The summed E-state index contributed by atoms with van der Waals surface area (Å²) < 4.78 is 44.3. The largest absolute Gasteiger partial charge is 0.745 e. The van der Waals surface area contributed by atoms with Crippen LogP contribution in [0.15, 0.2) is 25.7 Å². The molecule has 116 valence electrons. The van der Waals surface area contributed by atoms with Crippen LogP contribution in [0.3, 0.4) is 0 Å². The Hall–Kier alpha value is -0.760. The van der Waals surface area contributed by atoms with Crippen molar-refractivity contribution in [3.05, 3.63) is 25.7 Å². The molecule has 0 aliphatic rings. The SMILES string of the molecule is C=CO.C=CO.O=[P+](O)O[P+](=O)O.O=[P+](O)O[P+](=O)O. The van der Waals surface area contributed by atoms with Crippen LogP contribution < -0.4 is 0 Å². The summed E-state index contributed by atoms with van der Waals surface area (Å²) in [6.45, 7) is 5.83. The molecular formula is C4H12O12P4+4. The maximum absolute atomic E-state index is 9.39. The van der Waals surface area contributed by atoms with Gasteiger partial charge < -0.3 is 10.2 Å². The lowest BCUT2D eigenvalue weighted by Crippen LogP contribution is -1.58. The first kappa shape index (κ1) is 27.6. The topological polar surface area (TPSA) is 208 Å². The number of hydrogen-bond acceptors (Lipinski definition) is 8. The zero-order chi connectivity index (χ0) is 17.1. The maximum Gasteiger partial charge on any atom is 0.745 e. The van der Waals surface area contributed by atoms with Crippen LogP contribution in [0.5, 0.6) is 0 Å². The first-order valence-corrected chi connectivity index (χ1v) is 8.11. The molecule has 0 saturated heterocycles. The van der Waals surface area contributed by atoms with E-state index in [0.717, 1.165) is 12.5 Å². The molecule has 20 heavy (non-hydrogen) atoms. The van der Waals surface area contributed by atoms with Gasteiger partial charge >= 0.3 is 33.0 Å². The first-order valence-electron chi connectivity index (χ1n) is 3.59. The lowest BCUT2D eigenvalue weighted by molar-refractivity contribution is 0.368. The molecule has 0 aromatic rings. The van der Waals surface area contributed by atoms with Gasteiger partial charge in [0.15, 0.2) is 8.62 Å². The van der Waals surface area contributed by atoms with Crippen LogP contribution in [0, 0.1) is 0 Å². The van der Waals surface area contributed by atoms with Gasteiger partial charge in [-0.15, -0.1) is 19.6 Å². The minimum absolute atomic E-state index is 0.750. The Labute approximate surface area is 116 Å². The molecule has 0 amide bonds. The normalized spacial score (nSPS) is 10.6. The second kappa shape index (κ2) is 23.3. The van der Waals surface area contributed by atoms with Crippen molar-refractivity contribution in [2.45, 2.75) is 0 Å². The molecule has 16 heteroatoms. The fraction of sp³-hybridized carbons (Fsp3) is 0. The minimum Gasteiger partial charge on any atom is -0.516 e. The highest BCUT2D eigenvalue weighted by atomic mass is 31.2. The predicted octanol–water partition coefficient (Wildman–Crippen LogP) is 1.98. The van der Waals surface area contributed by atoms with E-state index in [2.05, 4.69) is 21.8 Å². The van der Waals surface area contributed by atoms with E-state index in [0.29, 0.717) is 0 Å². The molecule has 0 spiro atoms. The van der Waals surface area contributed by atoms with Gasteiger partial charge in [-0.25, -0.2) is 0 Å². The zero-order valence-electron chi connectivity index (χ0n) is 9.49. The summed E-state index contributed by atoms with van der Waals surface area (Å²) in [5.41, 5.74) is 0. The third-order valence-corrected chi connectivity index (χ3v) is 2.51. The molecule has 12 nitrogen and oxygen atoms in total. The lowest BCUT2D eigenvalue weighted by atomic mass is 11.2. The van der Waals surface area contributed by atoms with Crippen molar-refractivity contribution in [2.75, 3.05) is 0 Å². The first-order chi connectivity index (χ1) is 9.08. The van der Waals surface area contributed by atoms with E-state index in [1.165, 1.54) is 0 Å². The molecular weight excluding hydrogens is 364 g/mol. The summed E-state index contributed by atoms with van der Waals surface area (Å²) in [5.74, 6) is 0. The van der Waals surface area contributed by atoms with E-state index in [1.54, 1.807) is 0 Å². The van der Waals surface area contributed by atoms with Gasteiger partial charge in [-0.1, -0.05) is 13.2 Å². The predicted molar refractivity (Wildman–Crippen MR) is 67.1 cm³/mol. The van der Waals surface area contributed by atoms with E-state index >= 15 is 0 Å². The number of hydrogen-bond donors (Lipinski definition) is 6. The van der Waals surface area contributed by atoms with E-state index in [4.69, 9.17) is 29.8 Å². The van der Waals surface area contributed by atoms with Gasteiger partial charge in [-0.05, 0) is 0 Å². The molecule has 0 aliphatic carbocycles. The average Bonchev–Trinajstić information content (AvgIpc) is 2.15. The Morgan fingerprint density at radius 2 is 0.750 bits per heavy atom. The van der Waals surface area contributed by atoms with Crippen LogP contribution in [0.25, 0.3) is 0 Å². The minimum atomic E-state index is -2.92. The van der Waals surface area contributed by atoms with E-state index < -0.39 is 33.0 Å². The van der Waals surface area contributed by atoms with Crippen molar-refractivity contribution in [3.63, 3.8) is 0 Å². The highest BCUT2D eigenvalue weighted by molar-refractivity contribution is 7.46. The van der Waals surface area contributed by atoms with Gasteiger partial charge in [-0.2, -0.15) is 0 Å². The lowest BCUT2D eigenvalue weighted by Gasteiger charge is -1.50. The number of aliphatic hydroxyl groups is 2. The number of rotatable bonds is 4. The van der Waals surface area contributed by atoms with Crippen molar-refractivity contribution in [1.82, 2.24) is 0 Å². The van der Waals surface area contributed by atoms with Crippen molar-refractivity contribution >= 4 is 33.0 Å². The van der Waals surface area contributed by atoms with E-state index in [9.17, 15) is 18.3 Å². The second-order valence-corrected chi connectivity index (χ2v) is 4.69. The molecule has 4 unspecified atom stereocenters. The Morgan fingerprint density at radius 3 is 0.750 bits per heavy atom. The maximum atomic E-state index is 9.39. The molecule has 0 bridgehead atoms. The van der Waals surface area contributed by atoms with Crippen LogP contribution in [-0.4, -0.2) is 29.8 Å². The van der Waals surface area contributed by atoms with Crippen LogP contribution >= 0.6 is 33.0 Å². The molecule has 0 saturated carbocycles. The molecule has 0 rings (SSSR count). The highest BCUT2D eigenvalue weighted by Crippen LogP contribution is 2.31. The fourth-order valence-corrected chi connectivity index (χ4v) is 1.08.